The number of pyridine rings is 2. The molecule has 0 radical (unpaired) electrons. The minimum absolute atomic E-state index is 0.0536. The van der Waals surface area contributed by atoms with Crippen LogP contribution >= 0.6 is 0 Å². The first-order valence-electron chi connectivity index (χ1n) is 8.67. The average molecular weight is 340 g/mol. The van der Waals surface area contributed by atoms with Gasteiger partial charge in [-0.15, -0.1) is 0 Å². The molecule has 3 heterocycles. The van der Waals surface area contributed by atoms with Crippen molar-refractivity contribution in [1.82, 2.24) is 20.2 Å². The fourth-order valence-corrected chi connectivity index (χ4v) is 2.96. The van der Waals surface area contributed by atoms with Gasteiger partial charge in [-0.05, 0) is 38.0 Å². The van der Waals surface area contributed by atoms with E-state index in [4.69, 9.17) is 4.74 Å². The maximum absolute atomic E-state index is 12.3. The van der Waals surface area contributed by atoms with E-state index in [1.54, 1.807) is 6.20 Å². The number of rotatable bonds is 6. The summed E-state index contributed by atoms with van der Waals surface area (Å²) in [5.41, 5.74) is 2.67. The van der Waals surface area contributed by atoms with Gasteiger partial charge in [0.25, 0.3) is 5.91 Å². The molecule has 1 unspecified atom stereocenters. The molecule has 1 aliphatic heterocycles. The topological polar surface area (TPSA) is 67.3 Å². The second kappa shape index (κ2) is 8.07. The van der Waals surface area contributed by atoms with Crippen molar-refractivity contribution in [1.29, 1.82) is 0 Å². The van der Waals surface area contributed by atoms with Crippen molar-refractivity contribution in [3.05, 3.63) is 53.5 Å². The zero-order chi connectivity index (χ0) is 17.6. The van der Waals surface area contributed by atoms with Gasteiger partial charge in [0.1, 0.15) is 0 Å². The van der Waals surface area contributed by atoms with Crippen LogP contribution in [0.3, 0.4) is 0 Å². The van der Waals surface area contributed by atoms with Gasteiger partial charge in [0.2, 0.25) is 5.88 Å². The second-order valence-corrected chi connectivity index (χ2v) is 6.32. The minimum Gasteiger partial charge on any atom is -0.478 e. The quantitative estimate of drug-likeness (QED) is 0.873. The highest BCUT2D eigenvalue weighted by molar-refractivity contribution is 5.94. The Morgan fingerprint density at radius 3 is 2.84 bits per heavy atom. The summed E-state index contributed by atoms with van der Waals surface area (Å²) in [5.74, 6) is 0.603. The van der Waals surface area contributed by atoms with Crippen molar-refractivity contribution in [3.8, 4) is 5.88 Å². The van der Waals surface area contributed by atoms with E-state index in [0.717, 1.165) is 37.3 Å². The van der Waals surface area contributed by atoms with Crippen LogP contribution in [0.25, 0.3) is 0 Å². The lowest BCUT2D eigenvalue weighted by atomic mass is 10.2. The van der Waals surface area contributed by atoms with Crippen molar-refractivity contribution in [2.24, 2.45) is 0 Å². The van der Waals surface area contributed by atoms with E-state index in [1.165, 1.54) is 0 Å². The van der Waals surface area contributed by atoms with Gasteiger partial charge in [-0.2, -0.15) is 0 Å². The summed E-state index contributed by atoms with van der Waals surface area (Å²) in [6.07, 6.45) is 4.44. The second-order valence-electron chi connectivity index (χ2n) is 6.32. The van der Waals surface area contributed by atoms with E-state index in [-0.39, 0.29) is 11.9 Å². The third-order valence-corrected chi connectivity index (χ3v) is 4.28. The van der Waals surface area contributed by atoms with Crippen LogP contribution in [0.15, 0.2) is 36.7 Å². The molecule has 2 aromatic heterocycles. The fraction of sp³-hybridized carbons (Fsp3) is 0.421. The molecular weight excluding hydrogens is 316 g/mol. The van der Waals surface area contributed by atoms with Gasteiger partial charge in [0, 0.05) is 49.8 Å². The van der Waals surface area contributed by atoms with Crippen LogP contribution < -0.4 is 10.1 Å². The fourth-order valence-electron chi connectivity index (χ4n) is 2.96. The third-order valence-electron chi connectivity index (χ3n) is 4.28. The summed E-state index contributed by atoms with van der Waals surface area (Å²) >= 11 is 0. The number of aromatic nitrogens is 2. The minimum atomic E-state index is -0.0536. The van der Waals surface area contributed by atoms with Crippen LogP contribution in [0.2, 0.25) is 0 Å². The number of nitrogens with zero attached hydrogens (tertiary/aromatic N) is 3. The Bertz CT molecular complexity index is 700. The number of carbonyl (C=O) groups is 1. The third kappa shape index (κ3) is 4.76. The van der Waals surface area contributed by atoms with Gasteiger partial charge < -0.3 is 10.1 Å². The Hall–Kier alpha value is -2.47. The van der Waals surface area contributed by atoms with Crippen LogP contribution in [0.4, 0.5) is 0 Å². The molecule has 1 saturated heterocycles. The number of nitrogens with one attached hydrogen (secondary N) is 1. The number of likely N-dealkylation sites (tertiary alicyclic amines) is 1. The number of aryl methyl sites for hydroxylation is 1. The smallest absolute Gasteiger partial charge is 0.253 e. The molecule has 0 aliphatic carbocycles. The Kier molecular flexibility index (Phi) is 5.60. The number of hydrogen-bond acceptors (Lipinski definition) is 5. The lowest BCUT2D eigenvalue weighted by Crippen LogP contribution is -2.37. The number of amides is 1. The van der Waals surface area contributed by atoms with Crippen molar-refractivity contribution in [3.63, 3.8) is 0 Å². The van der Waals surface area contributed by atoms with Crippen molar-refractivity contribution >= 4 is 5.91 Å². The maximum atomic E-state index is 12.3. The first kappa shape index (κ1) is 17.4. The van der Waals surface area contributed by atoms with Crippen LogP contribution in [0, 0.1) is 6.92 Å². The molecule has 1 atom stereocenters. The molecule has 0 bridgehead atoms. The first-order valence-corrected chi connectivity index (χ1v) is 8.67. The predicted molar refractivity (Wildman–Crippen MR) is 95.5 cm³/mol. The van der Waals surface area contributed by atoms with E-state index in [1.807, 2.05) is 44.3 Å². The molecule has 132 valence electrons. The van der Waals surface area contributed by atoms with E-state index >= 15 is 0 Å². The summed E-state index contributed by atoms with van der Waals surface area (Å²) in [6, 6.07) is 7.79. The monoisotopic (exact) mass is 340 g/mol. The maximum Gasteiger partial charge on any atom is 0.253 e. The van der Waals surface area contributed by atoms with Crippen molar-refractivity contribution < 1.29 is 9.53 Å². The van der Waals surface area contributed by atoms with Crippen LogP contribution in [-0.4, -0.2) is 46.5 Å². The normalized spacial score (nSPS) is 17.4. The molecule has 1 fully saturated rings. The highest BCUT2D eigenvalue weighted by atomic mass is 16.5. The summed E-state index contributed by atoms with van der Waals surface area (Å²) in [4.78, 5) is 23.1. The first-order chi connectivity index (χ1) is 12.1. The Balaban J connectivity index is 1.49. The molecule has 2 aromatic rings. The Labute approximate surface area is 148 Å². The standard InChI is InChI=1S/C19H24N4O2/c1-3-25-18-7-5-15(10-21-18)12-23-9-8-17(13-23)22-19(24)16-6-4-14(2)20-11-16/h4-7,10-11,17H,3,8-9,12-13H2,1-2H3,(H,22,24). The lowest BCUT2D eigenvalue weighted by Gasteiger charge is -2.17. The van der Waals surface area contributed by atoms with E-state index in [2.05, 4.69) is 20.2 Å². The zero-order valence-electron chi connectivity index (χ0n) is 14.7. The molecule has 6 heteroatoms. The molecule has 1 amide bonds. The lowest BCUT2D eigenvalue weighted by molar-refractivity contribution is 0.0937. The molecule has 1 N–H and O–H groups in total. The molecular formula is C19H24N4O2. The van der Waals surface area contributed by atoms with E-state index < -0.39 is 0 Å². The SMILES string of the molecule is CCOc1ccc(CN2CCC(NC(=O)c3ccc(C)nc3)C2)cn1. The van der Waals surface area contributed by atoms with Gasteiger partial charge in [0.15, 0.2) is 0 Å². The van der Waals surface area contributed by atoms with Crippen LogP contribution in [0.5, 0.6) is 5.88 Å². The van der Waals surface area contributed by atoms with Crippen LogP contribution in [0.1, 0.15) is 35.0 Å². The zero-order valence-corrected chi connectivity index (χ0v) is 14.7. The molecule has 0 spiro atoms. The average Bonchev–Trinajstić information content (AvgIpc) is 3.04. The predicted octanol–water partition coefficient (Wildman–Crippen LogP) is 2.19. The Morgan fingerprint density at radius 1 is 1.28 bits per heavy atom. The van der Waals surface area contributed by atoms with Crippen molar-refractivity contribution in [2.45, 2.75) is 32.9 Å². The molecule has 3 rings (SSSR count). The van der Waals surface area contributed by atoms with Crippen LogP contribution in [-0.2, 0) is 6.54 Å². The highest BCUT2D eigenvalue weighted by Crippen LogP contribution is 2.15. The van der Waals surface area contributed by atoms with E-state index in [0.29, 0.717) is 18.1 Å². The van der Waals surface area contributed by atoms with Gasteiger partial charge in [0.05, 0.1) is 12.2 Å². The summed E-state index contributed by atoms with van der Waals surface area (Å²) in [7, 11) is 0. The van der Waals surface area contributed by atoms with Gasteiger partial charge in [-0.1, -0.05) is 6.07 Å². The van der Waals surface area contributed by atoms with Gasteiger partial charge in [-0.3, -0.25) is 14.7 Å². The molecule has 0 aromatic carbocycles. The highest BCUT2D eigenvalue weighted by Gasteiger charge is 2.24. The number of hydrogen-bond donors (Lipinski definition) is 1. The Morgan fingerprint density at radius 2 is 2.16 bits per heavy atom. The number of ether oxygens (including phenoxy) is 1. The summed E-state index contributed by atoms with van der Waals surface area (Å²) in [6.45, 7) is 7.12. The number of carbonyl (C=O) groups excluding carboxylic acids is 1. The van der Waals surface area contributed by atoms with Gasteiger partial charge >= 0.3 is 0 Å². The molecule has 1 aliphatic rings. The largest absolute Gasteiger partial charge is 0.478 e. The molecule has 6 nitrogen and oxygen atoms in total. The molecule has 0 saturated carbocycles. The van der Waals surface area contributed by atoms with Gasteiger partial charge in [-0.25, -0.2) is 4.98 Å². The summed E-state index contributed by atoms with van der Waals surface area (Å²) < 4.78 is 5.36. The van der Waals surface area contributed by atoms with E-state index in [9.17, 15) is 4.79 Å². The molecule has 25 heavy (non-hydrogen) atoms. The van der Waals surface area contributed by atoms with Crippen molar-refractivity contribution in [2.75, 3.05) is 19.7 Å². The summed E-state index contributed by atoms with van der Waals surface area (Å²) in [5, 5.41) is 3.10.